The van der Waals surface area contributed by atoms with Gasteiger partial charge in [-0.15, -0.1) is 0 Å². The number of halogens is 4. The van der Waals surface area contributed by atoms with Crippen molar-refractivity contribution in [2.45, 2.75) is 18.6 Å². The number of imide groups is 1. The number of rotatable bonds is 3. The molecule has 1 aromatic carbocycles. The van der Waals surface area contributed by atoms with Gasteiger partial charge in [-0.2, -0.15) is 13.2 Å². The molecule has 2 fully saturated rings. The van der Waals surface area contributed by atoms with Gasteiger partial charge in [-0.05, 0) is 30.3 Å². The summed E-state index contributed by atoms with van der Waals surface area (Å²) in [5.74, 6) is -1.22. The lowest BCUT2D eigenvalue weighted by Crippen LogP contribution is -2.53. The molecule has 164 valence electrons. The summed E-state index contributed by atoms with van der Waals surface area (Å²) in [5, 5.41) is -0.510. The second-order valence-corrected chi connectivity index (χ2v) is 7.66. The summed E-state index contributed by atoms with van der Waals surface area (Å²) in [4.78, 5) is 41.9. The van der Waals surface area contributed by atoms with Crippen LogP contribution < -0.4 is 4.90 Å². The summed E-state index contributed by atoms with van der Waals surface area (Å²) in [7, 11) is 0. The zero-order valence-corrected chi connectivity index (χ0v) is 16.8. The maximum atomic E-state index is 13.2. The average Bonchev–Trinajstić information content (AvgIpc) is 3.36. The van der Waals surface area contributed by atoms with Crippen LogP contribution >= 0.6 is 11.6 Å². The minimum Gasteiger partial charge on any atom is -0.459 e. The molecule has 31 heavy (non-hydrogen) atoms. The van der Waals surface area contributed by atoms with Crippen LogP contribution in [-0.2, 0) is 15.8 Å². The minimum absolute atomic E-state index is 0.144. The largest absolute Gasteiger partial charge is 0.459 e. The zero-order chi connectivity index (χ0) is 22.3. The molecule has 2 aromatic rings. The average molecular weight is 456 g/mol. The number of amides is 3. The highest BCUT2D eigenvalue weighted by atomic mass is 35.5. The molecule has 0 saturated carbocycles. The Balaban J connectivity index is 1.47. The molecule has 2 aliphatic rings. The van der Waals surface area contributed by atoms with E-state index in [-0.39, 0.29) is 23.8 Å². The van der Waals surface area contributed by atoms with Crippen LogP contribution in [0.4, 0.5) is 18.9 Å². The first-order valence-electron chi connectivity index (χ1n) is 9.47. The lowest BCUT2D eigenvalue weighted by molar-refractivity contribution is -0.137. The third-order valence-electron chi connectivity index (χ3n) is 5.41. The van der Waals surface area contributed by atoms with Crippen LogP contribution in [0.15, 0.2) is 41.0 Å². The quantitative estimate of drug-likeness (QED) is 0.665. The number of furan rings is 1. The fourth-order valence-electron chi connectivity index (χ4n) is 3.83. The van der Waals surface area contributed by atoms with Crippen molar-refractivity contribution in [2.24, 2.45) is 0 Å². The van der Waals surface area contributed by atoms with Gasteiger partial charge in [-0.25, -0.2) is 4.90 Å². The second-order valence-electron chi connectivity index (χ2n) is 7.25. The molecule has 3 amide bonds. The monoisotopic (exact) mass is 455 g/mol. The van der Waals surface area contributed by atoms with E-state index in [1.165, 1.54) is 12.3 Å². The SMILES string of the molecule is O=C(c1ccco1)N1CCN(C2CC(=O)N(c3ccc(Cl)c(C(F)(F)F)c3)C2=O)CC1. The van der Waals surface area contributed by atoms with Gasteiger partial charge < -0.3 is 9.32 Å². The Morgan fingerprint density at radius 2 is 1.81 bits per heavy atom. The van der Waals surface area contributed by atoms with Crippen LogP contribution in [-0.4, -0.2) is 59.7 Å². The van der Waals surface area contributed by atoms with Gasteiger partial charge in [0.1, 0.15) is 0 Å². The Bertz CT molecular complexity index is 1020. The van der Waals surface area contributed by atoms with Gasteiger partial charge in [-0.1, -0.05) is 11.6 Å². The van der Waals surface area contributed by atoms with Crippen LogP contribution in [0.1, 0.15) is 22.5 Å². The van der Waals surface area contributed by atoms with E-state index in [2.05, 4.69) is 0 Å². The molecule has 3 heterocycles. The first kappa shape index (κ1) is 21.4. The summed E-state index contributed by atoms with van der Waals surface area (Å²) >= 11 is 5.63. The number of hydrogen-bond acceptors (Lipinski definition) is 5. The van der Waals surface area contributed by atoms with Crippen LogP contribution in [0.2, 0.25) is 5.02 Å². The van der Waals surface area contributed by atoms with Crippen molar-refractivity contribution in [3.8, 4) is 0 Å². The molecular weight excluding hydrogens is 439 g/mol. The maximum Gasteiger partial charge on any atom is 0.417 e. The van der Waals surface area contributed by atoms with Gasteiger partial charge in [0, 0.05) is 26.2 Å². The molecule has 1 unspecified atom stereocenters. The Morgan fingerprint density at radius 3 is 2.42 bits per heavy atom. The smallest absolute Gasteiger partial charge is 0.417 e. The van der Waals surface area contributed by atoms with Gasteiger partial charge in [0.05, 0.1) is 35.0 Å². The molecule has 1 atom stereocenters. The number of hydrogen-bond donors (Lipinski definition) is 0. The zero-order valence-electron chi connectivity index (χ0n) is 16.1. The fraction of sp³-hybridized carbons (Fsp3) is 0.350. The van der Waals surface area contributed by atoms with Crippen molar-refractivity contribution in [3.63, 3.8) is 0 Å². The van der Waals surface area contributed by atoms with E-state index in [0.717, 1.165) is 11.0 Å². The summed E-state index contributed by atoms with van der Waals surface area (Å²) in [6.07, 6.45) is -3.45. The Morgan fingerprint density at radius 1 is 1.10 bits per heavy atom. The minimum atomic E-state index is -4.71. The van der Waals surface area contributed by atoms with E-state index >= 15 is 0 Å². The second kappa shape index (κ2) is 8.01. The molecule has 2 saturated heterocycles. The van der Waals surface area contributed by atoms with Crippen LogP contribution in [0.3, 0.4) is 0 Å². The fourth-order valence-corrected chi connectivity index (χ4v) is 4.06. The number of benzene rings is 1. The Hall–Kier alpha value is -2.85. The van der Waals surface area contributed by atoms with Gasteiger partial charge in [-0.3, -0.25) is 19.3 Å². The van der Waals surface area contributed by atoms with Crippen molar-refractivity contribution in [1.29, 1.82) is 0 Å². The van der Waals surface area contributed by atoms with E-state index in [4.69, 9.17) is 16.0 Å². The van der Waals surface area contributed by atoms with Gasteiger partial charge in [0.2, 0.25) is 5.91 Å². The number of nitrogens with zero attached hydrogens (tertiary/aromatic N) is 3. The highest BCUT2D eigenvalue weighted by Crippen LogP contribution is 2.38. The molecular formula is C20H17ClF3N3O4. The molecule has 0 radical (unpaired) electrons. The summed E-state index contributed by atoms with van der Waals surface area (Å²) in [5.41, 5.74) is -1.28. The summed E-state index contributed by atoms with van der Waals surface area (Å²) in [6.45, 7) is 1.35. The summed E-state index contributed by atoms with van der Waals surface area (Å²) < 4.78 is 44.6. The lowest BCUT2D eigenvalue weighted by Gasteiger charge is -2.36. The molecule has 0 spiro atoms. The molecule has 11 heteroatoms. The van der Waals surface area contributed by atoms with Gasteiger partial charge >= 0.3 is 6.18 Å². The molecule has 0 N–H and O–H groups in total. The number of carbonyl (C=O) groups is 3. The standard InChI is InChI=1S/C20H17ClF3N3O4/c21-14-4-3-12(10-13(14)20(22,23)24)27-17(28)11-15(18(27)29)25-5-7-26(8-6-25)19(30)16-2-1-9-31-16/h1-4,9-10,15H,5-8,11H2. The van der Waals surface area contributed by atoms with E-state index in [1.54, 1.807) is 21.9 Å². The van der Waals surface area contributed by atoms with E-state index < -0.39 is 34.6 Å². The van der Waals surface area contributed by atoms with Crippen molar-refractivity contribution in [1.82, 2.24) is 9.80 Å². The van der Waals surface area contributed by atoms with E-state index in [0.29, 0.717) is 32.2 Å². The number of carbonyl (C=O) groups excluding carboxylic acids is 3. The number of anilines is 1. The molecule has 7 nitrogen and oxygen atoms in total. The first-order chi connectivity index (χ1) is 14.7. The maximum absolute atomic E-state index is 13.2. The first-order valence-corrected chi connectivity index (χ1v) is 9.85. The molecule has 0 bridgehead atoms. The van der Waals surface area contributed by atoms with Crippen molar-refractivity contribution < 1.29 is 32.0 Å². The molecule has 1 aromatic heterocycles. The highest BCUT2D eigenvalue weighted by Gasteiger charge is 2.44. The Kier molecular flexibility index (Phi) is 5.52. The van der Waals surface area contributed by atoms with E-state index in [1.807, 2.05) is 0 Å². The lowest BCUT2D eigenvalue weighted by atomic mass is 10.1. The topological polar surface area (TPSA) is 74.1 Å². The Labute approximate surface area is 179 Å². The third-order valence-corrected chi connectivity index (χ3v) is 5.74. The van der Waals surface area contributed by atoms with Crippen LogP contribution in [0.25, 0.3) is 0 Å². The van der Waals surface area contributed by atoms with Gasteiger partial charge in [0.25, 0.3) is 11.8 Å². The third kappa shape index (κ3) is 4.05. The summed E-state index contributed by atoms with van der Waals surface area (Å²) in [6, 6.07) is 5.33. The molecule has 0 aliphatic carbocycles. The van der Waals surface area contributed by atoms with E-state index in [9.17, 15) is 27.6 Å². The highest BCUT2D eigenvalue weighted by molar-refractivity contribution is 6.31. The van der Waals surface area contributed by atoms with Crippen LogP contribution in [0.5, 0.6) is 0 Å². The predicted molar refractivity (Wildman–Crippen MR) is 104 cm³/mol. The number of alkyl halides is 3. The van der Waals surface area contributed by atoms with Crippen LogP contribution in [0, 0.1) is 0 Å². The predicted octanol–water partition coefficient (Wildman–Crippen LogP) is 3.04. The number of piperazine rings is 1. The van der Waals surface area contributed by atoms with Crippen molar-refractivity contribution >= 4 is 35.0 Å². The normalized spacial score (nSPS) is 20.6. The van der Waals surface area contributed by atoms with Crippen molar-refractivity contribution in [2.75, 3.05) is 31.1 Å². The van der Waals surface area contributed by atoms with Crippen molar-refractivity contribution in [3.05, 3.63) is 52.9 Å². The van der Waals surface area contributed by atoms with Gasteiger partial charge in [0.15, 0.2) is 5.76 Å². The molecule has 4 rings (SSSR count). The molecule has 2 aliphatic heterocycles.